The van der Waals surface area contributed by atoms with Crippen molar-refractivity contribution in [1.29, 1.82) is 0 Å². The summed E-state index contributed by atoms with van der Waals surface area (Å²) in [6.45, 7) is 2.43. The van der Waals surface area contributed by atoms with Crippen molar-refractivity contribution in [1.82, 2.24) is 15.1 Å². The molecule has 0 aliphatic carbocycles. The van der Waals surface area contributed by atoms with Gasteiger partial charge in [0.15, 0.2) is 0 Å². The third-order valence-electron chi connectivity index (χ3n) is 2.89. The van der Waals surface area contributed by atoms with Crippen LogP contribution in [-0.4, -0.2) is 28.3 Å². The fourth-order valence-corrected chi connectivity index (χ4v) is 2.25. The lowest BCUT2D eigenvalue weighted by molar-refractivity contribution is 0.0953. The Labute approximate surface area is 133 Å². The van der Waals surface area contributed by atoms with E-state index in [0.29, 0.717) is 27.8 Å². The van der Waals surface area contributed by atoms with Crippen LogP contribution in [0.25, 0.3) is 5.69 Å². The largest absolute Gasteiger partial charge is 0.352 e. The second-order valence-electron chi connectivity index (χ2n) is 4.79. The summed E-state index contributed by atoms with van der Waals surface area (Å²) in [4.78, 5) is 12.0. The zero-order valence-corrected chi connectivity index (χ0v) is 13.0. The van der Waals surface area contributed by atoms with E-state index in [1.165, 1.54) is 6.20 Å². The fourth-order valence-electron chi connectivity index (χ4n) is 1.75. The van der Waals surface area contributed by atoms with Crippen LogP contribution < -0.4 is 11.1 Å². The number of benzene rings is 1. The molecule has 2 rings (SSSR count). The molecule has 1 unspecified atom stereocenters. The van der Waals surface area contributed by atoms with Gasteiger partial charge in [-0.05, 0) is 31.5 Å². The number of hydrogen-bond donors (Lipinski definition) is 2. The molecule has 1 heterocycles. The molecule has 0 aliphatic heterocycles. The van der Waals surface area contributed by atoms with E-state index in [2.05, 4.69) is 10.4 Å². The van der Waals surface area contributed by atoms with E-state index >= 15 is 0 Å². The third kappa shape index (κ3) is 4.20. The molecule has 0 radical (unpaired) electrons. The van der Waals surface area contributed by atoms with Crippen molar-refractivity contribution in [3.05, 3.63) is 46.2 Å². The maximum atomic E-state index is 12.0. The number of nitrogens with two attached hydrogens (primary N) is 1. The molecule has 112 valence electrons. The van der Waals surface area contributed by atoms with E-state index in [1.54, 1.807) is 29.1 Å². The lowest BCUT2D eigenvalue weighted by Crippen LogP contribution is -2.28. The van der Waals surface area contributed by atoms with Gasteiger partial charge in [0.2, 0.25) is 0 Å². The van der Waals surface area contributed by atoms with E-state index in [1.807, 2.05) is 6.92 Å². The Morgan fingerprint density at radius 1 is 1.48 bits per heavy atom. The predicted octanol–water partition coefficient (Wildman–Crippen LogP) is 2.65. The second-order valence-corrected chi connectivity index (χ2v) is 5.63. The monoisotopic (exact) mass is 326 g/mol. The van der Waals surface area contributed by atoms with E-state index in [9.17, 15) is 4.79 Å². The maximum Gasteiger partial charge on any atom is 0.254 e. The molecule has 7 heteroatoms. The van der Waals surface area contributed by atoms with Crippen LogP contribution in [0.1, 0.15) is 23.7 Å². The molecule has 0 fully saturated rings. The van der Waals surface area contributed by atoms with Crippen LogP contribution in [-0.2, 0) is 0 Å². The Hall–Kier alpha value is -1.56. The number of amides is 1. The highest BCUT2D eigenvalue weighted by molar-refractivity contribution is 6.35. The summed E-state index contributed by atoms with van der Waals surface area (Å²) < 4.78 is 1.54. The summed E-state index contributed by atoms with van der Waals surface area (Å²) in [5.41, 5.74) is 6.76. The van der Waals surface area contributed by atoms with E-state index in [-0.39, 0.29) is 11.9 Å². The van der Waals surface area contributed by atoms with Crippen molar-refractivity contribution < 1.29 is 4.79 Å². The molecule has 0 bridgehead atoms. The lowest BCUT2D eigenvalue weighted by Gasteiger charge is -2.06. The number of halogens is 2. The minimum Gasteiger partial charge on any atom is -0.352 e. The Kier molecular flexibility index (Phi) is 5.22. The lowest BCUT2D eigenvalue weighted by atomic mass is 10.2. The van der Waals surface area contributed by atoms with Crippen LogP contribution >= 0.6 is 23.2 Å². The highest BCUT2D eigenvalue weighted by atomic mass is 35.5. The van der Waals surface area contributed by atoms with Crippen LogP contribution in [0.3, 0.4) is 0 Å². The smallest absolute Gasteiger partial charge is 0.254 e. The maximum absolute atomic E-state index is 12.0. The number of nitrogens with zero attached hydrogens (tertiary/aromatic N) is 2. The highest BCUT2D eigenvalue weighted by Gasteiger charge is 2.11. The van der Waals surface area contributed by atoms with E-state index in [0.717, 1.165) is 6.42 Å². The Morgan fingerprint density at radius 2 is 2.24 bits per heavy atom. The molecule has 0 saturated heterocycles. The molecule has 1 aromatic carbocycles. The first kappa shape index (κ1) is 15.8. The second kappa shape index (κ2) is 6.93. The Morgan fingerprint density at radius 3 is 2.90 bits per heavy atom. The Bertz CT molecular complexity index is 640. The first-order valence-electron chi connectivity index (χ1n) is 6.51. The molecule has 2 aromatic rings. The Balaban J connectivity index is 2.09. The molecule has 5 nitrogen and oxygen atoms in total. The van der Waals surface area contributed by atoms with Gasteiger partial charge in [0.25, 0.3) is 5.91 Å². The summed E-state index contributed by atoms with van der Waals surface area (Å²) in [6, 6.07) is 5.14. The zero-order valence-electron chi connectivity index (χ0n) is 11.5. The van der Waals surface area contributed by atoms with Gasteiger partial charge in [0.1, 0.15) is 0 Å². The van der Waals surface area contributed by atoms with Crippen LogP contribution in [0.4, 0.5) is 0 Å². The average molecular weight is 327 g/mol. The van der Waals surface area contributed by atoms with Gasteiger partial charge in [-0.25, -0.2) is 4.68 Å². The fraction of sp³-hybridized carbons (Fsp3) is 0.286. The predicted molar refractivity (Wildman–Crippen MR) is 84.2 cm³/mol. The minimum absolute atomic E-state index is 0.0564. The number of aromatic nitrogens is 2. The van der Waals surface area contributed by atoms with Crippen LogP contribution in [0.2, 0.25) is 10.0 Å². The van der Waals surface area contributed by atoms with Crippen LogP contribution in [0.5, 0.6) is 0 Å². The molecular formula is C14H16Cl2N4O. The summed E-state index contributed by atoms with van der Waals surface area (Å²) in [5.74, 6) is -0.188. The van der Waals surface area contributed by atoms with Crippen molar-refractivity contribution in [2.24, 2.45) is 5.73 Å². The molecule has 21 heavy (non-hydrogen) atoms. The molecule has 1 amide bonds. The molecule has 1 aromatic heterocycles. The van der Waals surface area contributed by atoms with Gasteiger partial charge < -0.3 is 11.1 Å². The minimum atomic E-state index is -0.188. The molecule has 1 atom stereocenters. The summed E-state index contributed by atoms with van der Waals surface area (Å²) in [7, 11) is 0. The normalized spacial score (nSPS) is 12.2. The quantitative estimate of drug-likeness (QED) is 0.887. The summed E-state index contributed by atoms with van der Waals surface area (Å²) in [6.07, 6.45) is 3.84. The molecule has 3 N–H and O–H groups in total. The van der Waals surface area contributed by atoms with Crippen molar-refractivity contribution in [2.45, 2.75) is 19.4 Å². The topological polar surface area (TPSA) is 72.9 Å². The van der Waals surface area contributed by atoms with Crippen LogP contribution in [0.15, 0.2) is 30.6 Å². The van der Waals surface area contributed by atoms with Crippen molar-refractivity contribution in [3.8, 4) is 5.69 Å². The molecule has 0 spiro atoms. The van der Waals surface area contributed by atoms with Gasteiger partial charge in [-0.2, -0.15) is 5.10 Å². The highest BCUT2D eigenvalue weighted by Crippen LogP contribution is 2.24. The number of nitrogens with one attached hydrogen (secondary N) is 1. The van der Waals surface area contributed by atoms with Gasteiger partial charge in [-0.1, -0.05) is 23.2 Å². The number of rotatable bonds is 5. The third-order valence-corrected chi connectivity index (χ3v) is 3.42. The average Bonchev–Trinajstić information content (AvgIpc) is 2.87. The zero-order chi connectivity index (χ0) is 15.4. The number of hydrogen-bond acceptors (Lipinski definition) is 3. The van der Waals surface area contributed by atoms with E-state index in [4.69, 9.17) is 28.9 Å². The first-order valence-corrected chi connectivity index (χ1v) is 7.27. The first-order chi connectivity index (χ1) is 9.97. The summed E-state index contributed by atoms with van der Waals surface area (Å²) in [5, 5.41) is 7.95. The molecule has 0 saturated carbocycles. The number of carbonyl (C=O) groups excluding carboxylic acids is 1. The number of carbonyl (C=O) groups is 1. The molecular weight excluding hydrogens is 311 g/mol. The van der Waals surface area contributed by atoms with Crippen LogP contribution in [0, 0.1) is 0 Å². The standard InChI is InChI=1S/C14H16Cl2N4O/c1-9(17)4-5-18-14(21)10-7-19-20(8-10)13-3-2-11(15)6-12(13)16/h2-3,6-9H,4-5,17H2,1H3,(H,18,21). The van der Waals surface area contributed by atoms with E-state index < -0.39 is 0 Å². The van der Waals surface area contributed by atoms with Gasteiger partial charge in [0, 0.05) is 23.8 Å². The van der Waals surface area contributed by atoms with Gasteiger partial charge in [0.05, 0.1) is 22.5 Å². The van der Waals surface area contributed by atoms with Crippen molar-refractivity contribution in [2.75, 3.05) is 6.54 Å². The molecule has 0 aliphatic rings. The van der Waals surface area contributed by atoms with Crippen molar-refractivity contribution >= 4 is 29.1 Å². The SMILES string of the molecule is CC(N)CCNC(=O)c1cnn(-c2ccc(Cl)cc2Cl)c1. The van der Waals surface area contributed by atoms with Gasteiger partial charge in [-0.15, -0.1) is 0 Å². The van der Waals surface area contributed by atoms with Gasteiger partial charge >= 0.3 is 0 Å². The van der Waals surface area contributed by atoms with Gasteiger partial charge in [-0.3, -0.25) is 4.79 Å². The van der Waals surface area contributed by atoms with Crippen molar-refractivity contribution in [3.63, 3.8) is 0 Å². The summed E-state index contributed by atoms with van der Waals surface area (Å²) >= 11 is 12.0.